The maximum atomic E-state index is 12.3. The van der Waals surface area contributed by atoms with Crippen LogP contribution in [0, 0.1) is 6.92 Å². The van der Waals surface area contributed by atoms with E-state index in [4.69, 9.17) is 11.6 Å². The van der Waals surface area contributed by atoms with Crippen LogP contribution < -0.4 is 10.2 Å². The molecule has 0 atom stereocenters. The molecule has 1 aromatic carbocycles. The summed E-state index contributed by atoms with van der Waals surface area (Å²) in [6.45, 7) is 5.73. The second-order valence-corrected chi connectivity index (χ2v) is 6.34. The third-order valence-corrected chi connectivity index (χ3v) is 4.51. The second-order valence-electron chi connectivity index (χ2n) is 5.93. The van der Waals surface area contributed by atoms with Gasteiger partial charge in [-0.2, -0.15) is 0 Å². The Balaban J connectivity index is 1.52. The SMILES string of the molecule is Cc1cccc(Cl)c1NC(=O)CN1CCN(c2ccccn2)CC1. The van der Waals surface area contributed by atoms with Crippen LogP contribution in [-0.2, 0) is 4.79 Å². The molecule has 1 fully saturated rings. The van der Waals surface area contributed by atoms with Crippen molar-refractivity contribution < 1.29 is 4.79 Å². The number of aryl methyl sites for hydroxylation is 1. The minimum atomic E-state index is -0.0301. The monoisotopic (exact) mass is 344 g/mol. The maximum absolute atomic E-state index is 12.3. The van der Waals surface area contributed by atoms with Crippen LogP contribution >= 0.6 is 11.6 Å². The number of para-hydroxylation sites is 1. The number of amides is 1. The van der Waals surface area contributed by atoms with E-state index in [1.165, 1.54) is 0 Å². The van der Waals surface area contributed by atoms with Crippen LogP contribution in [0.3, 0.4) is 0 Å². The van der Waals surface area contributed by atoms with Gasteiger partial charge < -0.3 is 10.2 Å². The van der Waals surface area contributed by atoms with Crippen molar-refractivity contribution in [3.63, 3.8) is 0 Å². The number of piperazine rings is 1. The molecule has 126 valence electrons. The van der Waals surface area contributed by atoms with Crippen LogP contribution in [0.1, 0.15) is 5.56 Å². The topological polar surface area (TPSA) is 48.5 Å². The average Bonchev–Trinajstić information content (AvgIpc) is 2.60. The van der Waals surface area contributed by atoms with Gasteiger partial charge in [0.05, 0.1) is 17.3 Å². The van der Waals surface area contributed by atoms with Crippen molar-refractivity contribution in [2.24, 2.45) is 0 Å². The number of nitrogens with zero attached hydrogens (tertiary/aromatic N) is 3. The van der Waals surface area contributed by atoms with Gasteiger partial charge in [0.15, 0.2) is 0 Å². The first-order chi connectivity index (χ1) is 11.6. The van der Waals surface area contributed by atoms with Crippen molar-refractivity contribution in [2.75, 3.05) is 42.9 Å². The molecule has 2 aromatic rings. The fraction of sp³-hybridized carbons (Fsp3) is 0.333. The van der Waals surface area contributed by atoms with E-state index in [9.17, 15) is 4.79 Å². The molecule has 5 nitrogen and oxygen atoms in total. The summed E-state index contributed by atoms with van der Waals surface area (Å²) in [5.74, 6) is 0.964. The summed E-state index contributed by atoms with van der Waals surface area (Å²) in [5, 5.41) is 3.50. The van der Waals surface area contributed by atoms with E-state index in [0.717, 1.165) is 37.6 Å². The van der Waals surface area contributed by atoms with Crippen LogP contribution in [0.2, 0.25) is 5.02 Å². The molecule has 1 saturated heterocycles. The van der Waals surface area contributed by atoms with Gasteiger partial charge in [-0.05, 0) is 30.7 Å². The molecule has 0 radical (unpaired) electrons. The predicted octanol–water partition coefficient (Wildman–Crippen LogP) is 2.80. The Labute approximate surface area is 147 Å². The minimum absolute atomic E-state index is 0.0301. The van der Waals surface area contributed by atoms with Gasteiger partial charge in [-0.3, -0.25) is 9.69 Å². The summed E-state index contributed by atoms with van der Waals surface area (Å²) >= 11 is 6.16. The summed E-state index contributed by atoms with van der Waals surface area (Å²) in [6, 6.07) is 11.5. The number of carbonyl (C=O) groups excluding carboxylic acids is 1. The van der Waals surface area contributed by atoms with Gasteiger partial charge >= 0.3 is 0 Å². The number of hydrogen-bond donors (Lipinski definition) is 1. The van der Waals surface area contributed by atoms with E-state index in [1.54, 1.807) is 12.3 Å². The van der Waals surface area contributed by atoms with Crippen molar-refractivity contribution in [3.8, 4) is 0 Å². The van der Waals surface area contributed by atoms with Crippen LogP contribution in [0.25, 0.3) is 0 Å². The molecule has 2 heterocycles. The lowest BCUT2D eigenvalue weighted by Crippen LogP contribution is -2.48. The van der Waals surface area contributed by atoms with E-state index < -0.39 is 0 Å². The normalized spacial score (nSPS) is 15.3. The number of aromatic nitrogens is 1. The average molecular weight is 345 g/mol. The standard InChI is InChI=1S/C18H21ClN4O/c1-14-5-4-6-15(19)18(14)21-17(24)13-22-9-11-23(12-10-22)16-7-2-3-8-20-16/h2-8H,9-13H2,1H3,(H,21,24). The van der Waals surface area contributed by atoms with E-state index in [2.05, 4.69) is 20.1 Å². The highest BCUT2D eigenvalue weighted by Crippen LogP contribution is 2.25. The van der Waals surface area contributed by atoms with Gasteiger partial charge in [-0.25, -0.2) is 4.98 Å². The van der Waals surface area contributed by atoms with Crippen LogP contribution in [0.15, 0.2) is 42.6 Å². The number of hydrogen-bond acceptors (Lipinski definition) is 4. The van der Waals surface area contributed by atoms with Gasteiger partial charge in [0.2, 0.25) is 5.91 Å². The Hall–Kier alpha value is -2.11. The van der Waals surface area contributed by atoms with Gasteiger partial charge in [0, 0.05) is 32.4 Å². The Morgan fingerprint density at radius 3 is 2.62 bits per heavy atom. The number of anilines is 2. The van der Waals surface area contributed by atoms with Crippen molar-refractivity contribution >= 4 is 29.0 Å². The Morgan fingerprint density at radius 2 is 1.96 bits per heavy atom. The molecule has 1 amide bonds. The number of benzene rings is 1. The van der Waals surface area contributed by atoms with E-state index >= 15 is 0 Å². The molecule has 0 spiro atoms. The Bertz CT molecular complexity index is 679. The van der Waals surface area contributed by atoms with Gasteiger partial charge in [-0.15, -0.1) is 0 Å². The molecule has 1 N–H and O–H groups in total. The van der Waals surface area contributed by atoms with E-state index in [1.807, 2.05) is 37.3 Å². The summed E-state index contributed by atoms with van der Waals surface area (Å²) in [7, 11) is 0. The first kappa shape index (κ1) is 16.7. The molecule has 0 aliphatic carbocycles. The molecule has 6 heteroatoms. The molecular weight excluding hydrogens is 324 g/mol. The Kier molecular flexibility index (Phi) is 5.33. The van der Waals surface area contributed by atoms with Gasteiger partial charge in [-0.1, -0.05) is 29.8 Å². The largest absolute Gasteiger partial charge is 0.354 e. The summed E-state index contributed by atoms with van der Waals surface area (Å²) < 4.78 is 0. The van der Waals surface area contributed by atoms with Crippen LogP contribution in [0.5, 0.6) is 0 Å². The van der Waals surface area contributed by atoms with Crippen molar-refractivity contribution in [2.45, 2.75) is 6.92 Å². The minimum Gasteiger partial charge on any atom is -0.354 e. The third-order valence-electron chi connectivity index (χ3n) is 4.20. The third kappa shape index (κ3) is 4.04. The number of nitrogens with one attached hydrogen (secondary N) is 1. The van der Waals surface area contributed by atoms with Gasteiger partial charge in [0.1, 0.15) is 5.82 Å². The zero-order valence-electron chi connectivity index (χ0n) is 13.7. The molecule has 1 aliphatic heterocycles. The molecule has 0 bridgehead atoms. The lowest BCUT2D eigenvalue weighted by Gasteiger charge is -2.35. The smallest absolute Gasteiger partial charge is 0.238 e. The van der Waals surface area contributed by atoms with Gasteiger partial charge in [0.25, 0.3) is 0 Å². The number of carbonyl (C=O) groups is 1. The molecule has 1 aromatic heterocycles. The fourth-order valence-corrected chi connectivity index (χ4v) is 3.12. The highest BCUT2D eigenvalue weighted by molar-refractivity contribution is 6.33. The summed E-state index contributed by atoms with van der Waals surface area (Å²) in [6.07, 6.45) is 1.81. The van der Waals surface area contributed by atoms with Crippen LogP contribution in [0.4, 0.5) is 11.5 Å². The molecule has 3 rings (SSSR count). The molecule has 0 saturated carbocycles. The predicted molar refractivity (Wildman–Crippen MR) is 97.7 cm³/mol. The first-order valence-electron chi connectivity index (χ1n) is 8.07. The van der Waals surface area contributed by atoms with Crippen LogP contribution in [-0.4, -0.2) is 48.5 Å². The second kappa shape index (κ2) is 7.64. The van der Waals surface area contributed by atoms with E-state index in [-0.39, 0.29) is 5.91 Å². The number of rotatable bonds is 4. The zero-order chi connectivity index (χ0) is 16.9. The highest BCUT2D eigenvalue weighted by atomic mass is 35.5. The summed E-state index contributed by atoms with van der Waals surface area (Å²) in [5.41, 5.74) is 1.67. The zero-order valence-corrected chi connectivity index (χ0v) is 14.5. The van der Waals surface area contributed by atoms with Crippen molar-refractivity contribution in [1.29, 1.82) is 0 Å². The lowest BCUT2D eigenvalue weighted by molar-refractivity contribution is -0.117. The number of pyridine rings is 1. The van der Waals surface area contributed by atoms with Crippen molar-refractivity contribution in [3.05, 3.63) is 53.2 Å². The number of halogens is 1. The molecule has 24 heavy (non-hydrogen) atoms. The first-order valence-corrected chi connectivity index (χ1v) is 8.44. The fourth-order valence-electron chi connectivity index (χ4n) is 2.85. The lowest BCUT2D eigenvalue weighted by atomic mass is 10.2. The summed E-state index contributed by atoms with van der Waals surface area (Å²) in [4.78, 5) is 21.1. The molecule has 1 aliphatic rings. The highest BCUT2D eigenvalue weighted by Gasteiger charge is 2.20. The molecule has 0 unspecified atom stereocenters. The van der Waals surface area contributed by atoms with E-state index in [0.29, 0.717) is 17.3 Å². The molecular formula is C18H21ClN4O. The Morgan fingerprint density at radius 1 is 1.17 bits per heavy atom. The van der Waals surface area contributed by atoms with Crippen molar-refractivity contribution in [1.82, 2.24) is 9.88 Å². The maximum Gasteiger partial charge on any atom is 0.238 e. The quantitative estimate of drug-likeness (QED) is 0.926.